The minimum Gasteiger partial charge on any atom is -0.497 e. The molecule has 1 saturated carbocycles. The second kappa shape index (κ2) is 8.70. The summed E-state index contributed by atoms with van der Waals surface area (Å²) in [7, 11) is 1.66. The maximum Gasteiger partial charge on any atom is 0.224 e. The number of carbonyl (C=O) groups is 1. The van der Waals surface area contributed by atoms with E-state index in [1.165, 1.54) is 64.5 Å². The molecular weight excluding hydrogens is 312 g/mol. The van der Waals surface area contributed by atoms with Gasteiger partial charge in [0.25, 0.3) is 0 Å². The third kappa shape index (κ3) is 4.75. The Morgan fingerprint density at radius 1 is 1.04 bits per heavy atom. The molecule has 138 valence electrons. The number of likely N-dealkylation sites (tertiary alicyclic amines) is 1. The molecule has 2 N–H and O–H groups in total. The van der Waals surface area contributed by atoms with Crippen LogP contribution in [0, 0.1) is 0 Å². The number of quaternary nitrogens is 1. The molecule has 1 aromatic rings. The maximum absolute atomic E-state index is 12.5. The highest BCUT2D eigenvalue weighted by Gasteiger charge is 2.42. The highest BCUT2D eigenvalue weighted by atomic mass is 16.5. The lowest BCUT2D eigenvalue weighted by Crippen LogP contribution is -3.22. The molecule has 4 nitrogen and oxygen atoms in total. The highest BCUT2D eigenvalue weighted by molar-refractivity contribution is 5.78. The van der Waals surface area contributed by atoms with Gasteiger partial charge < -0.3 is 15.0 Å². The molecule has 25 heavy (non-hydrogen) atoms. The van der Waals surface area contributed by atoms with Crippen molar-refractivity contribution in [3.63, 3.8) is 0 Å². The number of rotatable bonds is 6. The van der Waals surface area contributed by atoms with E-state index in [9.17, 15) is 4.79 Å². The molecule has 1 aliphatic heterocycles. The molecule has 1 saturated heterocycles. The third-order valence-electron chi connectivity index (χ3n) is 6.17. The summed E-state index contributed by atoms with van der Waals surface area (Å²) in [5.74, 6) is 0.977. The van der Waals surface area contributed by atoms with Gasteiger partial charge in [-0.1, -0.05) is 18.6 Å². The quantitative estimate of drug-likeness (QED) is 0.829. The van der Waals surface area contributed by atoms with Gasteiger partial charge >= 0.3 is 0 Å². The van der Waals surface area contributed by atoms with E-state index in [1.54, 1.807) is 12.0 Å². The molecule has 2 aliphatic rings. The lowest BCUT2D eigenvalue weighted by molar-refractivity contribution is -0.957. The summed E-state index contributed by atoms with van der Waals surface area (Å²) in [6.45, 7) is 3.42. The summed E-state index contributed by atoms with van der Waals surface area (Å²) in [6, 6.07) is 7.79. The third-order valence-corrected chi connectivity index (χ3v) is 6.17. The van der Waals surface area contributed by atoms with Crippen LogP contribution in [0.5, 0.6) is 5.75 Å². The van der Waals surface area contributed by atoms with Crippen molar-refractivity contribution in [3.05, 3.63) is 29.8 Å². The Labute approximate surface area is 151 Å². The molecule has 2 fully saturated rings. The zero-order chi connectivity index (χ0) is 17.5. The van der Waals surface area contributed by atoms with Crippen LogP contribution in [0.1, 0.15) is 56.9 Å². The first kappa shape index (κ1) is 18.2. The highest BCUT2D eigenvalue weighted by Crippen LogP contribution is 2.26. The smallest absolute Gasteiger partial charge is 0.224 e. The topological polar surface area (TPSA) is 42.8 Å². The molecule has 0 spiro atoms. The largest absolute Gasteiger partial charge is 0.497 e. The summed E-state index contributed by atoms with van der Waals surface area (Å²) in [5, 5.41) is 3.28. The van der Waals surface area contributed by atoms with E-state index in [1.807, 2.05) is 24.3 Å². The van der Waals surface area contributed by atoms with Gasteiger partial charge in [-0.25, -0.2) is 0 Å². The molecule has 1 heterocycles. The molecule has 0 atom stereocenters. The number of benzene rings is 1. The number of amides is 1. The maximum atomic E-state index is 12.5. The van der Waals surface area contributed by atoms with Gasteiger partial charge in [0.15, 0.2) is 0 Å². The minimum absolute atomic E-state index is 0.145. The van der Waals surface area contributed by atoms with Gasteiger partial charge in [-0.05, 0) is 49.8 Å². The van der Waals surface area contributed by atoms with Crippen LogP contribution >= 0.6 is 0 Å². The molecular formula is C21H33N2O2+. The van der Waals surface area contributed by atoms with Crippen molar-refractivity contribution >= 4 is 5.91 Å². The first-order valence-corrected chi connectivity index (χ1v) is 9.97. The number of ether oxygens (including phenoxy) is 1. The molecule has 0 aromatic heterocycles. The number of hydrogen-bond acceptors (Lipinski definition) is 2. The van der Waals surface area contributed by atoms with Crippen molar-refractivity contribution in [2.24, 2.45) is 0 Å². The number of nitrogens with one attached hydrogen (secondary N) is 2. The van der Waals surface area contributed by atoms with Crippen LogP contribution in [0.4, 0.5) is 0 Å². The van der Waals surface area contributed by atoms with Gasteiger partial charge in [-0.15, -0.1) is 0 Å². The van der Waals surface area contributed by atoms with Crippen molar-refractivity contribution in [1.82, 2.24) is 5.32 Å². The zero-order valence-corrected chi connectivity index (χ0v) is 15.6. The lowest BCUT2D eigenvalue weighted by Gasteiger charge is -2.45. The molecule has 4 heteroatoms. The lowest BCUT2D eigenvalue weighted by atomic mass is 9.79. The molecule has 1 amide bonds. The van der Waals surface area contributed by atoms with E-state index in [0.717, 1.165) is 17.9 Å². The van der Waals surface area contributed by atoms with Crippen LogP contribution in [0.15, 0.2) is 24.3 Å². The fraction of sp³-hybridized carbons (Fsp3) is 0.667. The van der Waals surface area contributed by atoms with Gasteiger partial charge in [0.05, 0.1) is 33.2 Å². The standard InChI is InChI=1S/C21H32N2O2/c1-25-19-10-8-18(9-11-19)16-20(24)22-17-21(12-4-2-5-13-21)23-14-6-3-7-15-23/h8-11H,2-7,12-17H2,1H3,(H,22,24)/p+1. The van der Waals surface area contributed by atoms with E-state index in [2.05, 4.69) is 5.32 Å². The normalized spacial score (nSPS) is 20.8. The minimum atomic E-state index is 0.145. The summed E-state index contributed by atoms with van der Waals surface area (Å²) < 4.78 is 5.18. The van der Waals surface area contributed by atoms with Crippen molar-refractivity contribution in [2.45, 2.75) is 63.3 Å². The zero-order valence-electron chi connectivity index (χ0n) is 15.6. The summed E-state index contributed by atoms with van der Waals surface area (Å²) in [5.41, 5.74) is 1.33. The Bertz CT molecular complexity index is 544. The van der Waals surface area contributed by atoms with E-state index >= 15 is 0 Å². The fourth-order valence-electron chi connectivity index (χ4n) is 4.65. The van der Waals surface area contributed by atoms with Crippen LogP contribution in [0.3, 0.4) is 0 Å². The Morgan fingerprint density at radius 2 is 1.68 bits per heavy atom. The van der Waals surface area contributed by atoms with Crippen LogP contribution in [-0.2, 0) is 11.2 Å². The molecule has 3 rings (SSSR count). The van der Waals surface area contributed by atoms with Crippen LogP contribution < -0.4 is 15.0 Å². The summed E-state index contributed by atoms with van der Waals surface area (Å²) in [6.07, 6.45) is 11.0. The summed E-state index contributed by atoms with van der Waals surface area (Å²) in [4.78, 5) is 14.2. The van der Waals surface area contributed by atoms with Gasteiger partial charge in [0, 0.05) is 12.8 Å². The van der Waals surface area contributed by atoms with Gasteiger partial charge in [0.2, 0.25) is 5.91 Å². The average Bonchev–Trinajstić information content (AvgIpc) is 2.68. The SMILES string of the molecule is COc1ccc(CC(=O)NCC2([NH+]3CCCCC3)CCCCC2)cc1. The molecule has 0 unspecified atom stereocenters. The molecule has 1 aliphatic carbocycles. The van der Waals surface area contributed by atoms with Crippen LogP contribution in [0.25, 0.3) is 0 Å². The Morgan fingerprint density at radius 3 is 2.32 bits per heavy atom. The second-order valence-corrected chi connectivity index (χ2v) is 7.81. The number of piperidine rings is 1. The van der Waals surface area contributed by atoms with Crippen molar-refractivity contribution < 1.29 is 14.4 Å². The number of methoxy groups -OCH3 is 1. The van der Waals surface area contributed by atoms with E-state index in [0.29, 0.717) is 6.42 Å². The molecule has 1 aromatic carbocycles. The predicted molar refractivity (Wildman–Crippen MR) is 100 cm³/mol. The molecule has 0 bridgehead atoms. The van der Waals surface area contributed by atoms with Crippen molar-refractivity contribution in [3.8, 4) is 5.75 Å². The average molecular weight is 346 g/mol. The van der Waals surface area contributed by atoms with Crippen molar-refractivity contribution in [2.75, 3.05) is 26.7 Å². The van der Waals surface area contributed by atoms with Gasteiger partial charge in [0.1, 0.15) is 11.3 Å². The Kier molecular flexibility index (Phi) is 6.35. The Hall–Kier alpha value is -1.55. The number of hydrogen-bond donors (Lipinski definition) is 2. The first-order chi connectivity index (χ1) is 12.2. The van der Waals surface area contributed by atoms with Gasteiger partial charge in [-0.2, -0.15) is 0 Å². The number of carbonyl (C=O) groups excluding carboxylic acids is 1. The molecule has 0 radical (unpaired) electrons. The van der Waals surface area contributed by atoms with Gasteiger partial charge in [-0.3, -0.25) is 4.79 Å². The fourth-order valence-corrected chi connectivity index (χ4v) is 4.65. The van der Waals surface area contributed by atoms with Crippen molar-refractivity contribution in [1.29, 1.82) is 0 Å². The Balaban J connectivity index is 1.57. The predicted octanol–water partition coefficient (Wildman–Crippen LogP) is 2.13. The van der Waals surface area contributed by atoms with E-state index in [-0.39, 0.29) is 11.4 Å². The summed E-state index contributed by atoms with van der Waals surface area (Å²) >= 11 is 0. The van der Waals surface area contributed by atoms with Crippen LogP contribution in [0.2, 0.25) is 0 Å². The van der Waals surface area contributed by atoms with E-state index in [4.69, 9.17) is 4.74 Å². The second-order valence-electron chi connectivity index (χ2n) is 7.81. The van der Waals surface area contributed by atoms with E-state index < -0.39 is 0 Å². The van der Waals surface area contributed by atoms with Crippen LogP contribution in [-0.4, -0.2) is 38.2 Å². The monoisotopic (exact) mass is 345 g/mol. The first-order valence-electron chi connectivity index (χ1n) is 9.97.